The monoisotopic (exact) mass is 220 g/mol. The predicted octanol–water partition coefficient (Wildman–Crippen LogP) is 3.65. The molecule has 1 nitrogen and oxygen atoms in total. The van der Waals surface area contributed by atoms with Crippen LogP contribution in [0.1, 0.15) is 5.56 Å². The molecule has 0 saturated heterocycles. The van der Waals surface area contributed by atoms with Crippen molar-refractivity contribution in [2.45, 2.75) is 6.92 Å². The molecular formula is C13H10F2O. The van der Waals surface area contributed by atoms with Crippen molar-refractivity contribution < 1.29 is 13.9 Å². The van der Waals surface area contributed by atoms with Crippen molar-refractivity contribution in [1.82, 2.24) is 0 Å². The molecule has 2 aromatic rings. The first-order valence-corrected chi connectivity index (χ1v) is 4.82. The van der Waals surface area contributed by atoms with Gasteiger partial charge in [-0.3, -0.25) is 0 Å². The first-order valence-electron chi connectivity index (χ1n) is 4.82. The summed E-state index contributed by atoms with van der Waals surface area (Å²) in [6, 6.07) is 8.16. The molecular weight excluding hydrogens is 210 g/mol. The largest absolute Gasteiger partial charge is 0.508 e. The average molecular weight is 220 g/mol. The summed E-state index contributed by atoms with van der Waals surface area (Å²) in [5.41, 5.74) is 1.80. The minimum Gasteiger partial charge on any atom is -0.508 e. The smallest absolute Gasteiger partial charge is 0.126 e. The summed E-state index contributed by atoms with van der Waals surface area (Å²) in [5.74, 6) is -1.05. The normalized spacial score (nSPS) is 10.4. The second-order valence-corrected chi connectivity index (χ2v) is 3.66. The number of benzene rings is 2. The fourth-order valence-electron chi connectivity index (χ4n) is 1.56. The van der Waals surface area contributed by atoms with Gasteiger partial charge in [-0.1, -0.05) is 6.07 Å². The second kappa shape index (κ2) is 3.93. The van der Waals surface area contributed by atoms with Gasteiger partial charge in [-0.25, -0.2) is 8.78 Å². The van der Waals surface area contributed by atoms with Crippen LogP contribution in [0.15, 0.2) is 36.4 Å². The van der Waals surface area contributed by atoms with Crippen LogP contribution in [-0.4, -0.2) is 5.11 Å². The van der Waals surface area contributed by atoms with Crippen molar-refractivity contribution in [3.8, 4) is 16.9 Å². The second-order valence-electron chi connectivity index (χ2n) is 3.66. The standard InChI is InChI=1S/C13H10F2O/c1-8-4-9(2-3-13(8)16)10-5-11(14)7-12(15)6-10/h2-7,16H,1H3. The summed E-state index contributed by atoms with van der Waals surface area (Å²) in [7, 11) is 0. The van der Waals surface area contributed by atoms with Crippen LogP contribution in [0.5, 0.6) is 5.75 Å². The molecule has 82 valence electrons. The van der Waals surface area contributed by atoms with Crippen molar-refractivity contribution in [3.05, 3.63) is 53.6 Å². The molecule has 3 heteroatoms. The summed E-state index contributed by atoms with van der Waals surface area (Å²) < 4.78 is 26.0. The molecule has 0 aliphatic heterocycles. The highest BCUT2D eigenvalue weighted by Crippen LogP contribution is 2.26. The maximum absolute atomic E-state index is 13.0. The molecule has 0 aliphatic carbocycles. The van der Waals surface area contributed by atoms with Gasteiger partial charge in [-0.2, -0.15) is 0 Å². The van der Waals surface area contributed by atoms with E-state index in [1.807, 2.05) is 0 Å². The number of aromatic hydroxyl groups is 1. The van der Waals surface area contributed by atoms with Gasteiger partial charge in [0.05, 0.1) is 0 Å². The van der Waals surface area contributed by atoms with Crippen molar-refractivity contribution in [2.24, 2.45) is 0 Å². The van der Waals surface area contributed by atoms with Crippen molar-refractivity contribution in [1.29, 1.82) is 0 Å². The predicted molar refractivity (Wildman–Crippen MR) is 58.2 cm³/mol. The van der Waals surface area contributed by atoms with Gasteiger partial charge in [0.25, 0.3) is 0 Å². The van der Waals surface area contributed by atoms with Crippen LogP contribution in [0.2, 0.25) is 0 Å². The lowest BCUT2D eigenvalue weighted by Gasteiger charge is -2.05. The van der Waals surface area contributed by atoms with E-state index in [9.17, 15) is 13.9 Å². The zero-order chi connectivity index (χ0) is 11.7. The van der Waals surface area contributed by atoms with E-state index in [-0.39, 0.29) is 5.75 Å². The minimum absolute atomic E-state index is 0.167. The van der Waals surface area contributed by atoms with Crippen molar-refractivity contribution in [2.75, 3.05) is 0 Å². The molecule has 0 saturated carbocycles. The molecule has 0 aromatic heterocycles. The number of phenolic OH excluding ortho intramolecular Hbond substituents is 1. The minimum atomic E-state index is -0.610. The van der Waals surface area contributed by atoms with E-state index in [1.165, 1.54) is 18.2 Å². The third kappa shape index (κ3) is 2.03. The van der Waals surface area contributed by atoms with Gasteiger partial charge in [0.15, 0.2) is 0 Å². The van der Waals surface area contributed by atoms with Crippen LogP contribution >= 0.6 is 0 Å². The van der Waals surface area contributed by atoms with Crippen LogP contribution in [0.3, 0.4) is 0 Å². The lowest BCUT2D eigenvalue weighted by Crippen LogP contribution is -1.85. The highest BCUT2D eigenvalue weighted by molar-refractivity contribution is 5.65. The topological polar surface area (TPSA) is 20.2 Å². The van der Waals surface area contributed by atoms with Gasteiger partial charge >= 0.3 is 0 Å². The summed E-state index contributed by atoms with van der Waals surface area (Å²) in [6.07, 6.45) is 0. The number of hydrogen-bond acceptors (Lipinski definition) is 1. The quantitative estimate of drug-likeness (QED) is 0.777. The zero-order valence-electron chi connectivity index (χ0n) is 8.67. The van der Waals surface area contributed by atoms with Crippen LogP contribution in [0.25, 0.3) is 11.1 Å². The average Bonchev–Trinajstić information content (AvgIpc) is 2.20. The Kier molecular flexibility index (Phi) is 2.60. The molecule has 0 amide bonds. The number of halogens is 2. The van der Waals surface area contributed by atoms with E-state index in [4.69, 9.17) is 0 Å². The van der Waals surface area contributed by atoms with E-state index in [1.54, 1.807) is 19.1 Å². The van der Waals surface area contributed by atoms with Crippen LogP contribution in [-0.2, 0) is 0 Å². The number of phenols is 1. The zero-order valence-corrected chi connectivity index (χ0v) is 8.67. The van der Waals surface area contributed by atoms with E-state index < -0.39 is 11.6 Å². The molecule has 0 fully saturated rings. The molecule has 0 atom stereocenters. The van der Waals surface area contributed by atoms with E-state index in [0.29, 0.717) is 16.7 Å². The molecule has 16 heavy (non-hydrogen) atoms. The highest BCUT2D eigenvalue weighted by atomic mass is 19.1. The lowest BCUT2D eigenvalue weighted by atomic mass is 10.0. The van der Waals surface area contributed by atoms with Gasteiger partial charge in [0.2, 0.25) is 0 Å². The Morgan fingerprint density at radius 1 is 0.875 bits per heavy atom. The Balaban J connectivity index is 2.54. The summed E-state index contributed by atoms with van der Waals surface area (Å²) in [5, 5.41) is 9.35. The lowest BCUT2D eigenvalue weighted by molar-refractivity contribution is 0.471. The third-order valence-electron chi connectivity index (χ3n) is 2.39. The summed E-state index contributed by atoms with van der Waals surface area (Å²) in [4.78, 5) is 0. The van der Waals surface area contributed by atoms with E-state index >= 15 is 0 Å². The maximum atomic E-state index is 13.0. The van der Waals surface area contributed by atoms with Crippen LogP contribution < -0.4 is 0 Å². The van der Waals surface area contributed by atoms with Crippen LogP contribution in [0.4, 0.5) is 8.78 Å². The Bertz CT molecular complexity index is 515. The third-order valence-corrected chi connectivity index (χ3v) is 2.39. The number of rotatable bonds is 1. The Morgan fingerprint density at radius 3 is 2.06 bits per heavy atom. The van der Waals surface area contributed by atoms with Gasteiger partial charge in [-0.05, 0) is 47.9 Å². The molecule has 0 unspecified atom stereocenters. The van der Waals surface area contributed by atoms with Gasteiger partial charge in [0, 0.05) is 6.07 Å². The van der Waals surface area contributed by atoms with Crippen molar-refractivity contribution in [3.63, 3.8) is 0 Å². The fraction of sp³-hybridized carbons (Fsp3) is 0.0769. The summed E-state index contributed by atoms with van der Waals surface area (Å²) in [6.45, 7) is 1.73. The van der Waals surface area contributed by atoms with Gasteiger partial charge < -0.3 is 5.11 Å². The molecule has 2 aromatic carbocycles. The summed E-state index contributed by atoms with van der Waals surface area (Å²) >= 11 is 0. The molecule has 0 bridgehead atoms. The number of aryl methyl sites for hydroxylation is 1. The number of hydrogen-bond donors (Lipinski definition) is 1. The van der Waals surface area contributed by atoms with E-state index in [2.05, 4.69) is 0 Å². The Labute approximate surface area is 92.0 Å². The van der Waals surface area contributed by atoms with Crippen LogP contribution in [0, 0.1) is 18.6 Å². The van der Waals surface area contributed by atoms with Gasteiger partial charge in [0.1, 0.15) is 17.4 Å². The highest BCUT2D eigenvalue weighted by Gasteiger charge is 2.04. The van der Waals surface area contributed by atoms with E-state index in [0.717, 1.165) is 6.07 Å². The maximum Gasteiger partial charge on any atom is 0.126 e. The first kappa shape index (κ1) is 10.6. The molecule has 0 aliphatic rings. The molecule has 0 heterocycles. The Hall–Kier alpha value is -1.90. The van der Waals surface area contributed by atoms with Gasteiger partial charge in [-0.15, -0.1) is 0 Å². The SMILES string of the molecule is Cc1cc(-c2cc(F)cc(F)c2)ccc1O. The molecule has 0 spiro atoms. The molecule has 0 radical (unpaired) electrons. The fourth-order valence-corrected chi connectivity index (χ4v) is 1.56. The Morgan fingerprint density at radius 2 is 1.50 bits per heavy atom. The molecule has 2 rings (SSSR count). The van der Waals surface area contributed by atoms with Crippen molar-refractivity contribution >= 4 is 0 Å². The first-order chi connectivity index (χ1) is 7.56. The molecule has 1 N–H and O–H groups in total.